The molecule has 0 unspecified atom stereocenters. The van der Waals surface area contributed by atoms with E-state index in [2.05, 4.69) is 5.10 Å². The Bertz CT molecular complexity index is 876. The average molecular weight is 385 g/mol. The molecule has 0 atom stereocenters. The standard InChI is InChI=1S/C21H27N3O4/c1-21(2,3)28-20(26)23-13-10-16(11-14-23)24-19(25)18(9-12-22-24)15-5-7-17(27-4)8-6-15/h5-9,12,16H,10-11,13-14H2,1-4H3. The van der Waals surface area contributed by atoms with Crippen LogP contribution in [0.25, 0.3) is 11.1 Å². The third-order valence-electron chi connectivity index (χ3n) is 4.73. The molecule has 1 saturated heterocycles. The first kappa shape index (κ1) is 19.9. The minimum atomic E-state index is -0.515. The maximum atomic E-state index is 13.0. The van der Waals surface area contributed by atoms with Crippen LogP contribution < -0.4 is 10.3 Å². The molecule has 1 aromatic heterocycles. The summed E-state index contributed by atoms with van der Waals surface area (Å²) in [5.74, 6) is 0.743. The number of aromatic nitrogens is 2. The van der Waals surface area contributed by atoms with Crippen LogP contribution in [-0.2, 0) is 4.74 Å². The van der Waals surface area contributed by atoms with Gasteiger partial charge in [-0.2, -0.15) is 5.10 Å². The third-order valence-corrected chi connectivity index (χ3v) is 4.73. The Morgan fingerprint density at radius 3 is 2.32 bits per heavy atom. The van der Waals surface area contributed by atoms with Crippen molar-refractivity contribution in [2.24, 2.45) is 0 Å². The monoisotopic (exact) mass is 385 g/mol. The summed E-state index contributed by atoms with van der Waals surface area (Å²) in [6.45, 7) is 6.64. The Kier molecular flexibility index (Phi) is 5.72. The van der Waals surface area contributed by atoms with Gasteiger partial charge in [0.1, 0.15) is 11.4 Å². The molecule has 2 heterocycles. The van der Waals surface area contributed by atoms with Crippen molar-refractivity contribution in [3.63, 3.8) is 0 Å². The summed E-state index contributed by atoms with van der Waals surface area (Å²) in [5.41, 5.74) is 0.794. The van der Waals surface area contributed by atoms with Crippen LogP contribution in [0.5, 0.6) is 5.75 Å². The minimum Gasteiger partial charge on any atom is -0.497 e. The van der Waals surface area contributed by atoms with Crippen LogP contribution in [-0.4, -0.2) is 46.6 Å². The van der Waals surface area contributed by atoms with E-state index in [0.29, 0.717) is 31.5 Å². The molecule has 1 amide bonds. The van der Waals surface area contributed by atoms with Crippen molar-refractivity contribution >= 4 is 6.09 Å². The molecule has 1 aromatic carbocycles. The van der Waals surface area contributed by atoms with E-state index in [9.17, 15) is 9.59 Å². The molecule has 3 rings (SSSR count). The first-order valence-electron chi connectivity index (χ1n) is 9.48. The highest BCUT2D eigenvalue weighted by molar-refractivity contribution is 5.68. The smallest absolute Gasteiger partial charge is 0.410 e. The lowest BCUT2D eigenvalue weighted by Gasteiger charge is -2.33. The first-order valence-corrected chi connectivity index (χ1v) is 9.48. The number of rotatable bonds is 3. The fraction of sp³-hybridized carbons (Fsp3) is 0.476. The van der Waals surface area contributed by atoms with Crippen LogP contribution in [0.1, 0.15) is 39.7 Å². The van der Waals surface area contributed by atoms with Crippen molar-refractivity contribution in [2.75, 3.05) is 20.2 Å². The molecule has 0 radical (unpaired) electrons. The zero-order valence-electron chi connectivity index (χ0n) is 16.8. The van der Waals surface area contributed by atoms with Crippen LogP contribution in [0, 0.1) is 0 Å². The summed E-state index contributed by atoms with van der Waals surface area (Å²) in [5, 5.41) is 4.30. The topological polar surface area (TPSA) is 73.7 Å². The van der Waals surface area contributed by atoms with Crippen molar-refractivity contribution in [1.29, 1.82) is 0 Å². The highest BCUT2D eigenvalue weighted by atomic mass is 16.6. The van der Waals surface area contributed by atoms with Crippen LogP contribution in [0.15, 0.2) is 41.3 Å². The van der Waals surface area contributed by atoms with E-state index in [-0.39, 0.29) is 17.7 Å². The summed E-state index contributed by atoms with van der Waals surface area (Å²) in [6, 6.07) is 9.09. The number of ether oxygens (including phenoxy) is 2. The van der Waals surface area contributed by atoms with Crippen molar-refractivity contribution in [2.45, 2.75) is 45.3 Å². The van der Waals surface area contributed by atoms with E-state index in [1.165, 1.54) is 0 Å². The Morgan fingerprint density at radius 1 is 1.11 bits per heavy atom. The lowest BCUT2D eigenvalue weighted by atomic mass is 10.0. The summed E-state index contributed by atoms with van der Waals surface area (Å²) < 4.78 is 12.2. The second-order valence-corrected chi connectivity index (χ2v) is 7.92. The number of benzene rings is 1. The molecule has 1 aliphatic heterocycles. The molecule has 0 bridgehead atoms. The van der Waals surface area contributed by atoms with E-state index in [0.717, 1.165) is 11.3 Å². The van der Waals surface area contributed by atoms with Crippen LogP contribution in [0.3, 0.4) is 0 Å². The lowest BCUT2D eigenvalue weighted by molar-refractivity contribution is 0.0183. The van der Waals surface area contributed by atoms with Gasteiger partial charge in [0.2, 0.25) is 0 Å². The SMILES string of the molecule is COc1ccc(-c2ccnn(C3CCN(C(=O)OC(C)(C)C)CC3)c2=O)cc1. The highest BCUT2D eigenvalue weighted by Crippen LogP contribution is 2.24. The van der Waals surface area contributed by atoms with E-state index in [4.69, 9.17) is 9.47 Å². The van der Waals surface area contributed by atoms with E-state index < -0.39 is 5.60 Å². The molecule has 7 heteroatoms. The molecule has 0 spiro atoms. The van der Waals surface area contributed by atoms with Crippen LogP contribution in [0.2, 0.25) is 0 Å². The fourth-order valence-corrected chi connectivity index (χ4v) is 3.30. The van der Waals surface area contributed by atoms with Gasteiger partial charge in [-0.25, -0.2) is 9.48 Å². The maximum Gasteiger partial charge on any atom is 0.410 e. The van der Waals surface area contributed by atoms with Crippen LogP contribution in [0.4, 0.5) is 4.79 Å². The zero-order chi connectivity index (χ0) is 20.3. The molecular weight excluding hydrogens is 358 g/mol. The number of carbonyl (C=O) groups is 1. The molecule has 1 fully saturated rings. The van der Waals surface area contributed by atoms with Gasteiger partial charge >= 0.3 is 6.09 Å². The van der Waals surface area contributed by atoms with Crippen molar-refractivity contribution in [3.8, 4) is 16.9 Å². The summed E-state index contributed by atoms with van der Waals surface area (Å²) in [6.07, 6.45) is 2.68. The molecule has 1 aliphatic rings. The molecule has 28 heavy (non-hydrogen) atoms. The van der Waals surface area contributed by atoms with Gasteiger partial charge in [-0.3, -0.25) is 4.79 Å². The van der Waals surface area contributed by atoms with E-state index in [1.54, 1.807) is 29.0 Å². The number of hydrogen-bond donors (Lipinski definition) is 0. The molecule has 7 nitrogen and oxygen atoms in total. The Morgan fingerprint density at radius 2 is 1.75 bits per heavy atom. The molecule has 150 valence electrons. The molecule has 2 aromatic rings. The minimum absolute atomic E-state index is 0.0376. The normalized spacial score (nSPS) is 15.4. The number of amides is 1. The predicted octanol–water partition coefficient (Wildman–Crippen LogP) is 3.49. The second kappa shape index (κ2) is 8.04. The van der Waals surface area contributed by atoms with Crippen molar-refractivity contribution < 1.29 is 14.3 Å². The van der Waals surface area contributed by atoms with E-state index >= 15 is 0 Å². The predicted molar refractivity (Wildman–Crippen MR) is 107 cm³/mol. The van der Waals surface area contributed by atoms with Gasteiger partial charge in [0.25, 0.3) is 5.56 Å². The van der Waals surface area contributed by atoms with Crippen LogP contribution >= 0.6 is 0 Å². The largest absolute Gasteiger partial charge is 0.497 e. The van der Waals surface area contributed by atoms with Crippen molar-refractivity contribution in [3.05, 3.63) is 46.9 Å². The number of piperidine rings is 1. The molecule has 0 N–H and O–H groups in total. The second-order valence-electron chi connectivity index (χ2n) is 7.92. The van der Waals surface area contributed by atoms with Gasteiger partial charge < -0.3 is 14.4 Å². The third kappa shape index (κ3) is 4.52. The Labute approximate surface area is 164 Å². The van der Waals surface area contributed by atoms with Gasteiger partial charge in [0, 0.05) is 19.3 Å². The molecular formula is C21H27N3O4. The maximum absolute atomic E-state index is 13.0. The molecule has 0 saturated carbocycles. The Balaban J connectivity index is 1.73. The Hall–Kier alpha value is -2.83. The fourth-order valence-electron chi connectivity index (χ4n) is 3.30. The van der Waals surface area contributed by atoms with Crippen molar-refractivity contribution in [1.82, 2.24) is 14.7 Å². The average Bonchev–Trinajstić information content (AvgIpc) is 2.67. The number of methoxy groups -OCH3 is 1. The quantitative estimate of drug-likeness (QED) is 0.809. The van der Waals surface area contributed by atoms with Gasteiger partial charge in [0.05, 0.1) is 18.7 Å². The van der Waals surface area contributed by atoms with Gasteiger partial charge in [-0.05, 0) is 57.4 Å². The van der Waals surface area contributed by atoms with Gasteiger partial charge in [-0.15, -0.1) is 0 Å². The van der Waals surface area contributed by atoms with Gasteiger partial charge in [0.15, 0.2) is 0 Å². The van der Waals surface area contributed by atoms with Gasteiger partial charge in [-0.1, -0.05) is 12.1 Å². The summed E-state index contributed by atoms with van der Waals surface area (Å²) >= 11 is 0. The highest BCUT2D eigenvalue weighted by Gasteiger charge is 2.28. The van der Waals surface area contributed by atoms with E-state index in [1.807, 2.05) is 45.0 Å². The molecule has 0 aliphatic carbocycles. The number of carbonyl (C=O) groups excluding carboxylic acids is 1. The first-order chi connectivity index (χ1) is 13.3. The summed E-state index contributed by atoms with van der Waals surface area (Å²) in [4.78, 5) is 26.9. The number of likely N-dealkylation sites (tertiary alicyclic amines) is 1. The summed E-state index contributed by atoms with van der Waals surface area (Å²) in [7, 11) is 1.61. The lowest BCUT2D eigenvalue weighted by Crippen LogP contribution is -2.43. The number of hydrogen-bond acceptors (Lipinski definition) is 5. The zero-order valence-corrected chi connectivity index (χ0v) is 16.8. The number of nitrogens with zero attached hydrogens (tertiary/aromatic N) is 3.